The predicted molar refractivity (Wildman–Crippen MR) is 91.3 cm³/mol. The number of hydrogen-bond acceptors (Lipinski definition) is 4. The summed E-state index contributed by atoms with van der Waals surface area (Å²) < 4.78 is 1.93. The minimum absolute atomic E-state index is 0.760. The van der Waals surface area contributed by atoms with Gasteiger partial charge in [-0.1, -0.05) is 13.8 Å². The van der Waals surface area contributed by atoms with Crippen molar-refractivity contribution in [2.45, 2.75) is 20.4 Å². The van der Waals surface area contributed by atoms with E-state index in [0.717, 1.165) is 36.8 Å². The van der Waals surface area contributed by atoms with E-state index < -0.39 is 0 Å². The van der Waals surface area contributed by atoms with Crippen molar-refractivity contribution >= 4 is 11.2 Å². The number of hydrogen-bond donors (Lipinski definition) is 1. The molecule has 5 heteroatoms. The summed E-state index contributed by atoms with van der Waals surface area (Å²) in [4.78, 5) is 5.14. The fourth-order valence-corrected chi connectivity index (χ4v) is 3.22. The summed E-state index contributed by atoms with van der Waals surface area (Å²) in [6.45, 7) is 11.6. The highest BCUT2D eigenvalue weighted by Gasteiger charge is 2.17. The molecule has 120 valence electrons. The van der Waals surface area contributed by atoms with Crippen LogP contribution in [0, 0.1) is 5.92 Å². The molecule has 0 amide bonds. The normalized spacial score (nSPS) is 17.5. The molecule has 2 aromatic heterocycles. The number of anilines is 1. The van der Waals surface area contributed by atoms with E-state index in [0.29, 0.717) is 0 Å². The summed E-state index contributed by atoms with van der Waals surface area (Å²) in [5.74, 6) is 0.760. The third-order valence-corrected chi connectivity index (χ3v) is 4.35. The topological polar surface area (TPSA) is 35.8 Å². The number of nitrogens with one attached hydrogen (secondary N) is 1. The molecule has 1 saturated heterocycles. The van der Waals surface area contributed by atoms with E-state index >= 15 is 0 Å². The van der Waals surface area contributed by atoms with Gasteiger partial charge in [-0.15, -0.1) is 0 Å². The van der Waals surface area contributed by atoms with E-state index in [-0.39, 0.29) is 0 Å². The Labute approximate surface area is 132 Å². The second kappa shape index (κ2) is 6.67. The SMILES string of the molecule is CNc1cnn2ccc(CN3CCN(CC(C)C)CC3)cc12. The van der Waals surface area contributed by atoms with Crippen molar-refractivity contribution in [2.24, 2.45) is 5.92 Å². The number of pyridine rings is 1. The molecule has 1 aliphatic rings. The van der Waals surface area contributed by atoms with Gasteiger partial charge in [-0.05, 0) is 23.6 Å². The molecule has 0 unspecified atom stereocenters. The van der Waals surface area contributed by atoms with Gasteiger partial charge in [0.25, 0.3) is 0 Å². The van der Waals surface area contributed by atoms with Gasteiger partial charge >= 0.3 is 0 Å². The van der Waals surface area contributed by atoms with Gasteiger partial charge in [-0.2, -0.15) is 5.10 Å². The highest BCUT2D eigenvalue weighted by molar-refractivity contribution is 5.71. The first kappa shape index (κ1) is 15.3. The molecule has 3 rings (SSSR count). The lowest BCUT2D eigenvalue weighted by molar-refractivity contribution is 0.117. The van der Waals surface area contributed by atoms with Crippen LogP contribution in [0.5, 0.6) is 0 Å². The molecule has 0 aliphatic carbocycles. The van der Waals surface area contributed by atoms with Gasteiger partial charge in [0.05, 0.1) is 17.4 Å². The Bertz CT molecular complexity index is 611. The lowest BCUT2D eigenvalue weighted by Gasteiger charge is -2.35. The van der Waals surface area contributed by atoms with Crippen LogP contribution in [0.25, 0.3) is 5.52 Å². The van der Waals surface area contributed by atoms with Crippen LogP contribution in [0.4, 0.5) is 5.69 Å². The Morgan fingerprint density at radius 3 is 2.59 bits per heavy atom. The minimum Gasteiger partial charge on any atom is -0.385 e. The maximum absolute atomic E-state index is 4.35. The van der Waals surface area contributed by atoms with Crippen LogP contribution >= 0.6 is 0 Å². The zero-order chi connectivity index (χ0) is 15.5. The van der Waals surface area contributed by atoms with Gasteiger partial charge < -0.3 is 10.2 Å². The van der Waals surface area contributed by atoms with E-state index in [4.69, 9.17) is 0 Å². The van der Waals surface area contributed by atoms with E-state index in [1.807, 2.05) is 17.8 Å². The molecule has 0 saturated carbocycles. The van der Waals surface area contributed by atoms with Crippen molar-refractivity contribution < 1.29 is 0 Å². The molecule has 0 atom stereocenters. The van der Waals surface area contributed by atoms with Crippen molar-refractivity contribution in [3.63, 3.8) is 0 Å². The Balaban J connectivity index is 1.62. The van der Waals surface area contributed by atoms with Crippen LogP contribution in [0.15, 0.2) is 24.5 Å². The molecule has 0 spiro atoms. The third kappa shape index (κ3) is 3.42. The van der Waals surface area contributed by atoms with Crippen molar-refractivity contribution in [1.82, 2.24) is 19.4 Å². The van der Waals surface area contributed by atoms with Crippen molar-refractivity contribution in [3.8, 4) is 0 Å². The first-order valence-corrected chi connectivity index (χ1v) is 8.24. The number of nitrogens with zero attached hydrogens (tertiary/aromatic N) is 4. The fraction of sp³-hybridized carbons (Fsp3) is 0.588. The molecule has 0 radical (unpaired) electrons. The van der Waals surface area contributed by atoms with Gasteiger partial charge in [-0.25, -0.2) is 4.52 Å². The highest BCUT2D eigenvalue weighted by atomic mass is 15.3. The van der Waals surface area contributed by atoms with Gasteiger partial charge in [0.1, 0.15) is 0 Å². The average molecular weight is 301 g/mol. The molecule has 3 heterocycles. The zero-order valence-corrected chi connectivity index (χ0v) is 13.9. The Morgan fingerprint density at radius 1 is 1.18 bits per heavy atom. The summed E-state index contributed by atoms with van der Waals surface area (Å²) in [6, 6.07) is 4.43. The number of fused-ring (bicyclic) bond motifs is 1. The van der Waals surface area contributed by atoms with Crippen LogP contribution in [-0.2, 0) is 6.54 Å². The van der Waals surface area contributed by atoms with Gasteiger partial charge in [-0.3, -0.25) is 4.90 Å². The predicted octanol–water partition coefficient (Wildman–Crippen LogP) is 2.15. The largest absolute Gasteiger partial charge is 0.385 e. The molecular formula is C17H27N5. The van der Waals surface area contributed by atoms with Crippen molar-refractivity contribution in [3.05, 3.63) is 30.1 Å². The van der Waals surface area contributed by atoms with Crippen LogP contribution in [-0.4, -0.2) is 59.2 Å². The zero-order valence-electron chi connectivity index (χ0n) is 13.9. The summed E-state index contributed by atoms with van der Waals surface area (Å²) in [7, 11) is 1.94. The first-order chi connectivity index (χ1) is 10.7. The van der Waals surface area contributed by atoms with Gasteiger partial charge in [0.15, 0.2) is 0 Å². The summed E-state index contributed by atoms with van der Waals surface area (Å²) in [5.41, 5.74) is 3.60. The second-order valence-corrected chi connectivity index (χ2v) is 6.64. The maximum atomic E-state index is 4.35. The Kier molecular flexibility index (Phi) is 4.64. The molecule has 0 bridgehead atoms. The molecule has 22 heavy (non-hydrogen) atoms. The Morgan fingerprint density at radius 2 is 1.91 bits per heavy atom. The molecule has 5 nitrogen and oxygen atoms in total. The molecule has 0 aromatic carbocycles. The van der Waals surface area contributed by atoms with Crippen LogP contribution in [0.1, 0.15) is 19.4 Å². The molecule has 1 aliphatic heterocycles. The first-order valence-electron chi connectivity index (χ1n) is 8.24. The van der Waals surface area contributed by atoms with Crippen LogP contribution in [0.2, 0.25) is 0 Å². The fourth-order valence-electron chi connectivity index (χ4n) is 3.22. The Hall–Kier alpha value is -1.59. The van der Waals surface area contributed by atoms with E-state index in [9.17, 15) is 0 Å². The number of aromatic nitrogens is 2. The van der Waals surface area contributed by atoms with Gasteiger partial charge in [0.2, 0.25) is 0 Å². The summed E-state index contributed by atoms with van der Waals surface area (Å²) in [5, 5.41) is 7.55. The highest BCUT2D eigenvalue weighted by Crippen LogP contribution is 2.18. The monoisotopic (exact) mass is 301 g/mol. The number of rotatable bonds is 5. The molecule has 1 N–H and O–H groups in total. The minimum atomic E-state index is 0.760. The van der Waals surface area contributed by atoms with Gasteiger partial charge in [0, 0.05) is 52.5 Å². The number of piperazine rings is 1. The average Bonchev–Trinajstić information content (AvgIpc) is 2.91. The summed E-state index contributed by atoms with van der Waals surface area (Å²) >= 11 is 0. The van der Waals surface area contributed by atoms with Crippen molar-refractivity contribution in [1.29, 1.82) is 0 Å². The maximum Gasteiger partial charge on any atom is 0.0896 e. The van der Waals surface area contributed by atoms with E-state index in [1.54, 1.807) is 0 Å². The smallest absolute Gasteiger partial charge is 0.0896 e. The quantitative estimate of drug-likeness (QED) is 0.918. The van der Waals surface area contributed by atoms with E-state index in [2.05, 4.69) is 52.4 Å². The van der Waals surface area contributed by atoms with E-state index in [1.165, 1.54) is 25.2 Å². The molecule has 1 fully saturated rings. The molecule has 2 aromatic rings. The van der Waals surface area contributed by atoms with Crippen LogP contribution in [0.3, 0.4) is 0 Å². The molecular weight excluding hydrogens is 274 g/mol. The lowest BCUT2D eigenvalue weighted by Crippen LogP contribution is -2.46. The second-order valence-electron chi connectivity index (χ2n) is 6.64. The van der Waals surface area contributed by atoms with Crippen LogP contribution < -0.4 is 5.32 Å². The third-order valence-electron chi connectivity index (χ3n) is 4.35. The van der Waals surface area contributed by atoms with Crippen molar-refractivity contribution in [2.75, 3.05) is 45.1 Å². The standard InChI is InChI=1S/C17H27N5/c1-14(2)12-20-6-8-21(9-7-20)13-15-4-5-22-17(10-15)16(18-3)11-19-22/h4-5,10-11,14,18H,6-9,12-13H2,1-3H3. The summed E-state index contributed by atoms with van der Waals surface area (Å²) in [6.07, 6.45) is 3.93. The lowest BCUT2D eigenvalue weighted by atomic mass is 10.1.